The average Bonchev–Trinajstić information content (AvgIpc) is 2.45. The molecule has 0 saturated heterocycles. The van der Waals surface area contributed by atoms with Crippen LogP contribution in [0.5, 0.6) is 6.01 Å². The van der Waals surface area contributed by atoms with E-state index < -0.39 is 0 Å². The molecule has 6 heteroatoms. The highest BCUT2D eigenvalue weighted by molar-refractivity contribution is 5.38. The molecule has 0 aliphatic rings. The Morgan fingerprint density at radius 3 is 2.37 bits per heavy atom. The van der Waals surface area contributed by atoms with Crippen LogP contribution in [0.1, 0.15) is 40.0 Å². The molecule has 0 fully saturated rings. The van der Waals surface area contributed by atoms with Crippen molar-refractivity contribution in [2.45, 2.75) is 46.1 Å². The molecule has 1 aromatic rings. The fourth-order valence-electron chi connectivity index (χ4n) is 1.91. The Balaban J connectivity index is 2.98. The van der Waals surface area contributed by atoms with Crippen molar-refractivity contribution in [2.24, 2.45) is 0 Å². The topological polar surface area (TPSA) is 63.2 Å². The maximum absolute atomic E-state index is 5.14. The average molecular weight is 267 g/mol. The predicted molar refractivity (Wildman–Crippen MR) is 77.9 cm³/mol. The summed E-state index contributed by atoms with van der Waals surface area (Å²) in [6.07, 6.45) is 3.13. The lowest BCUT2D eigenvalue weighted by molar-refractivity contribution is 0.378. The Bertz CT molecular complexity index is 381. The summed E-state index contributed by atoms with van der Waals surface area (Å²) in [7, 11) is 3.58. The fraction of sp³-hybridized carbons (Fsp3) is 0.769. The lowest BCUT2D eigenvalue weighted by Crippen LogP contribution is -2.32. The smallest absolute Gasteiger partial charge is 0.322 e. The van der Waals surface area contributed by atoms with Crippen LogP contribution in [0.2, 0.25) is 0 Å². The standard InChI is InChI=1S/C13H25N5O/c1-6-9-14-11-15-12(17-13(16-11)19-5)18(4)10(7-2)8-3/h10H,6-9H2,1-5H3,(H,14,15,16,17). The molecular weight excluding hydrogens is 242 g/mol. The Morgan fingerprint density at radius 1 is 1.16 bits per heavy atom. The third-order valence-corrected chi connectivity index (χ3v) is 3.12. The lowest BCUT2D eigenvalue weighted by atomic mass is 10.1. The molecule has 0 saturated carbocycles. The number of nitrogens with one attached hydrogen (secondary N) is 1. The second kappa shape index (κ2) is 7.76. The largest absolute Gasteiger partial charge is 0.467 e. The first kappa shape index (κ1) is 15.5. The zero-order valence-electron chi connectivity index (χ0n) is 12.6. The number of aromatic nitrogens is 3. The summed E-state index contributed by atoms with van der Waals surface area (Å²) >= 11 is 0. The monoisotopic (exact) mass is 267 g/mol. The third kappa shape index (κ3) is 4.22. The number of anilines is 2. The van der Waals surface area contributed by atoms with Crippen LogP contribution in [-0.4, -0.2) is 41.7 Å². The van der Waals surface area contributed by atoms with Gasteiger partial charge in [0, 0.05) is 19.6 Å². The molecule has 6 nitrogen and oxygen atoms in total. The van der Waals surface area contributed by atoms with Crippen LogP contribution in [0.3, 0.4) is 0 Å². The van der Waals surface area contributed by atoms with Gasteiger partial charge in [0.15, 0.2) is 0 Å². The normalized spacial score (nSPS) is 10.6. The van der Waals surface area contributed by atoms with Crippen molar-refractivity contribution in [3.05, 3.63) is 0 Å². The van der Waals surface area contributed by atoms with E-state index in [1.165, 1.54) is 0 Å². The molecule has 1 aromatic heterocycles. The number of hydrogen-bond donors (Lipinski definition) is 1. The fourth-order valence-corrected chi connectivity index (χ4v) is 1.91. The van der Waals surface area contributed by atoms with E-state index >= 15 is 0 Å². The quantitative estimate of drug-likeness (QED) is 0.780. The third-order valence-electron chi connectivity index (χ3n) is 3.12. The minimum Gasteiger partial charge on any atom is -0.467 e. The summed E-state index contributed by atoms with van der Waals surface area (Å²) < 4.78 is 5.14. The molecule has 0 aliphatic heterocycles. The first-order chi connectivity index (χ1) is 9.15. The van der Waals surface area contributed by atoms with Gasteiger partial charge < -0.3 is 15.0 Å². The Labute approximate surface area is 115 Å². The molecule has 108 valence electrons. The molecule has 0 aliphatic carbocycles. The van der Waals surface area contributed by atoms with E-state index in [1.807, 2.05) is 7.05 Å². The number of ether oxygens (including phenoxy) is 1. The summed E-state index contributed by atoms with van der Waals surface area (Å²) in [4.78, 5) is 15.1. The first-order valence-electron chi connectivity index (χ1n) is 6.92. The van der Waals surface area contributed by atoms with Crippen LogP contribution in [0.4, 0.5) is 11.9 Å². The number of hydrogen-bond acceptors (Lipinski definition) is 6. The summed E-state index contributed by atoms with van der Waals surface area (Å²) in [5.41, 5.74) is 0. The van der Waals surface area contributed by atoms with Crippen LogP contribution in [0, 0.1) is 0 Å². The summed E-state index contributed by atoms with van der Waals surface area (Å²) in [6.45, 7) is 7.27. The summed E-state index contributed by atoms with van der Waals surface area (Å²) in [5, 5.41) is 3.17. The molecule has 0 bridgehead atoms. The van der Waals surface area contributed by atoms with Crippen LogP contribution in [0.15, 0.2) is 0 Å². The van der Waals surface area contributed by atoms with Gasteiger partial charge in [-0.1, -0.05) is 20.8 Å². The second-order valence-corrected chi connectivity index (χ2v) is 4.45. The minimum absolute atomic E-state index is 0.349. The van der Waals surface area contributed by atoms with Gasteiger partial charge >= 0.3 is 6.01 Å². The van der Waals surface area contributed by atoms with Gasteiger partial charge in [0.1, 0.15) is 0 Å². The molecule has 1 N–H and O–H groups in total. The van der Waals surface area contributed by atoms with E-state index in [9.17, 15) is 0 Å². The predicted octanol–water partition coefficient (Wildman–Crippen LogP) is 2.33. The van der Waals surface area contributed by atoms with E-state index in [-0.39, 0.29) is 0 Å². The summed E-state index contributed by atoms with van der Waals surface area (Å²) in [5.74, 6) is 1.22. The maximum atomic E-state index is 5.14. The van der Waals surface area contributed by atoms with Crippen LogP contribution in [-0.2, 0) is 0 Å². The molecule has 19 heavy (non-hydrogen) atoms. The van der Waals surface area contributed by atoms with Gasteiger partial charge in [0.2, 0.25) is 11.9 Å². The molecule has 0 aromatic carbocycles. The SMILES string of the molecule is CCCNc1nc(OC)nc(N(C)C(CC)CC)n1. The van der Waals surface area contributed by atoms with Crippen molar-refractivity contribution >= 4 is 11.9 Å². The van der Waals surface area contributed by atoms with Crippen molar-refractivity contribution in [1.29, 1.82) is 0 Å². The Kier molecular flexibility index (Phi) is 6.32. The van der Waals surface area contributed by atoms with Crippen molar-refractivity contribution in [2.75, 3.05) is 30.9 Å². The molecular formula is C13H25N5O. The Morgan fingerprint density at radius 2 is 1.84 bits per heavy atom. The number of nitrogens with zero attached hydrogens (tertiary/aromatic N) is 4. The van der Waals surface area contributed by atoms with Crippen molar-refractivity contribution in [3.8, 4) is 6.01 Å². The molecule has 0 radical (unpaired) electrons. The van der Waals surface area contributed by atoms with E-state index in [4.69, 9.17) is 4.74 Å². The van der Waals surface area contributed by atoms with Crippen molar-refractivity contribution in [1.82, 2.24) is 15.0 Å². The van der Waals surface area contributed by atoms with Crippen molar-refractivity contribution in [3.63, 3.8) is 0 Å². The highest BCUT2D eigenvalue weighted by atomic mass is 16.5. The van der Waals surface area contributed by atoms with Gasteiger partial charge in [0.05, 0.1) is 7.11 Å². The number of methoxy groups -OCH3 is 1. The molecule has 0 amide bonds. The van der Waals surface area contributed by atoms with E-state index in [0.717, 1.165) is 25.8 Å². The lowest BCUT2D eigenvalue weighted by Gasteiger charge is -2.26. The zero-order valence-corrected chi connectivity index (χ0v) is 12.6. The van der Waals surface area contributed by atoms with Crippen LogP contribution in [0.25, 0.3) is 0 Å². The maximum Gasteiger partial charge on any atom is 0.322 e. The minimum atomic E-state index is 0.349. The second-order valence-electron chi connectivity index (χ2n) is 4.45. The van der Waals surface area contributed by atoms with Crippen molar-refractivity contribution < 1.29 is 4.74 Å². The zero-order chi connectivity index (χ0) is 14.3. The van der Waals surface area contributed by atoms with Gasteiger partial charge in [-0.15, -0.1) is 0 Å². The highest BCUT2D eigenvalue weighted by Gasteiger charge is 2.16. The first-order valence-corrected chi connectivity index (χ1v) is 6.92. The van der Waals surface area contributed by atoms with Gasteiger partial charge in [0.25, 0.3) is 0 Å². The van der Waals surface area contributed by atoms with Gasteiger partial charge in [-0.25, -0.2) is 0 Å². The van der Waals surface area contributed by atoms with E-state index in [0.29, 0.717) is 23.9 Å². The molecule has 1 heterocycles. The van der Waals surface area contributed by atoms with Crippen LogP contribution < -0.4 is 15.0 Å². The van der Waals surface area contributed by atoms with Gasteiger partial charge in [-0.3, -0.25) is 0 Å². The van der Waals surface area contributed by atoms with Gasteiger partial charge in [-0.05, 0) is 19.3 Å². The highest BCUT2D eigenvalue weighted by Crippen LogP contribution is 2.18. The van der Waals surface area contributed by atoms with Crippen LogP contribution >= 0.6 is 0 Å². The molecule has 0 unspecified atom stereocenters. The molecule has 0 spiro atoms. The van der Waals surface area contributed by atoms with Gasteiger partial charge in [-0.2, -0.15) is 15.0 Å². The Hall–Kier alpha value is -1.59. The molecule has 1 rings (SSSR count). The summed E-state index contributed by atoms with van der Waals surface area (Å²) in [6, 6.07) is 0.771. The van der Waals surface area contributed by atoms with E-state index in [2.05, 4.69) is 45.9 Å². The molecule has 0 atom stereocenters. The number of rotatable bonds is 8. The van der Waals surface area contributed by atoms with E-state index in [1.54, 1.807) is 7.11 Å².